The molecule has 2 nitrogen and oxygen atoms in total. The van der Waals surface area contributed by atoms with E-state index < -0.39 is 0 Å². The minimum absolute atomic E-state index is 0.0157. The molecule has 1 aromatic carbocycles. The number of allylic oxidation sites excluding steroid dienone is 1. The van der Waals surface area contributed by atoms with E-state index in [1.165, 1.54) is 5.56 Å². The first-order chi connectivity index (χ1) is 7.65. The van der Waals surface area contributed by atoms with E-state index >= 15 is 0 Å². The summed E-state index contributed by atoms with van der Waals surface area (Å²) in [6.07, 6.45) is 4.92. The van der Waals surface area contributed by atoms with E-state index in [4.69, 9.17) is 0 Å². The summed E-state index contributed by atoms with van der Waals surface area (Å²) in [6, 6.07) is 5.88. The van der Waals surface area contributed by atoms with Gasteiger partial charge in [-0.2, -0.15) is 0 Å². The number of hydrogen-bond acceptors (Lipinski definition) is 1. The van der Waals surface area contributed by atoms with Crippen LogP contribution in [0, 0.1) is 13.8 Å². The summed E-state index contributed by atoms with van der Waals surface area (Å²) in [6.45, 7) is 6.66. The normalized spacial score (nSPS) is 10.7. The van der Waals surface area contributed by atoms with Gasteiger partial charge in [0.15, 0.2) is 0 Å². The Morgan fingerprint density at radius 2 is 2.12 bits per heavy atom. The number of benzene rings is 1. The van der Waals surface area contributed by atoms with Crippen LogP contribution in [0.3, 0.4) is 0 Å². The second-order valence-electron chi connectivity index (χ2n) is 3.93. The molecule has 0 radical (unpaired) electrons. The van der Waals surface area contributed by atoms with Gasteiger partial charge in [-0.15, -0.1) is 0 Å². The molecule has 0 aromatic heterocycles. The number of hydrogen-bond donors (Lipinski definition) is 1. The molecule has 1 aromatic rings. The quantitative estimate of drug-likeness (QED) is 0.609. The molecule has 86 valence electrons. The molecule has 0 fully saturated rings. The van der Waals surface area contributed by atoms with Crippen LogP contribution in [-0.4, -0.2) is 12.5 Å². The molecule has 0 heterocycles. The van der Waals surface area contributed by atoms with Crippen LogP contribution in [0.4, 0.5) is 0 Å². The van der Waals surface area contributed by atoms with Crippen LogP contribution in [0.25, 0.3) is 0 Å². The van der Waals surface area contributed by atoms with Crippen molar-refractivity contribution < 1.29 is 4.79 Å². The van der Waals surface area contributed by atoms with Crippen LogP contribution < -0.4 is 5.32 Å². The maximum Gasteiger partial charge on any atom is 0.251 e. The van der Waals surface area contributed by atoms with Crippen molar-refractivity contribution in [3.05, 3.63) is 47.0 Å². The van der Waals surface area contributed by atoms with Crippen molar-refractivity contribution in [1.82, 2.24) is 5.32 Å². The van der Waals surface area contributed by atoms with Gasteiger partial charge in [0.25, 0.3) is 5.91 Å². The van der Waals surface area contributed by atoms with Crippen LogP contribution in [0.5, 0.6) is 0 Å². The fraction of sp³-hybridized carbons (Fsp3) is 0.357. The molecule has 0 saturated carbocycles. The molecule has 0 aliphatic rings. The van der Waals surface area contributed by atoms with Gasteiger partial charge in [-0.25, -0.2) is 0 Å². The zero-order valence-corrected chi connectivity index (χ0v) is 10.2. The van der Waals surface area contributed by atoms with Crippen LogP contribution in [0.2, 0.25) is 0 Å². The van der Waals surface area contributed by atoms with E-state index in [0.29, 0.717) is 6.54 Å². The standard InChI is InChI=1S/C14H19NO/c1-4-5-6-9-15-14(16)13-8-7-11(2)10-12(13)3/h4-5,7-8,10H,6,9H2,1-3H3,(H,15,16)/b5-4+. The van der Waals surface area contributed by atoms with Crippen LogP contribution in [0.1, 0.15) is 34.8 Å². The Bertz CT molecular complexity index is 394. The summed E-state index contributed by atoms with van der Waals surface area (Å²) in [7, 11) is 0. The highest BCUT2D eigenvalue weighted by molar-refractivity contribution is 5.95. The predicted molar refractivity (Wildman–Crippen MR) is 67.7 cm³/mol. The second-order valence-corrected chi connectivity index (χ2v) is 3.93. The largest absolute Gasteiger partial charge is 0.352 e. The van der Waals surface area contributed by atoms with E-state index in [0.717, 1.165) is 17.5 Å². The Kier molecular flexibility index (Phi) is 4.77. The first kappa shape index (κ1) is 12.5. The highest BCUT2D eigenvalue weighted by Crippen LogP contribution is 2.10. The molecule has 0 spiro atoms. The lowest BCUT2D eigenvalue weighted by atomic mass is 10.1. The minimum atomic E-state index is 0.0157. The van der Waals surface area contributed by atoms with Crippen LogP contribution >= 0.6 is 0 Å². The average molecular weight is 217 g/mol. The lowest BCUT2D eigenvalue weighted by Crippen LogP contribution is -2.24. The van der Waals surface area contributed by atoms with Gasteiger partial charge < -0.3 is 5.32 Å². The van der Waals surface area contributed by atoms with Crippen molar-refractivity contribution in [1.29, 1.82) is 0 Å². The van der Waals surface area contributed by atoms with Gasteiger partial charge in [0.05, 0.1) is 0 Å². The molecule has 2 heteroatoms. The fourth-order valence-corrected chi connectivity index (χ4v) is 1.60. The summed E-state index contributed by atoms with van der Waals surface area (Å²) in [5, 5.41) is 2.90. The maximum atomic E-state index is 11.8. The second kappa shape index (κ2) is 6.11. The Hall–Kier alpha value is -1.57. The van der Waals surface area contributed by atoms with E-state index in [9.17, 15) is 4.79 Å². The Labute approximate surface area is 97.4 Å². The number of carbonyl (C=O) groups is 1. The van der Waals surface area contributed by atoms with Crippen molar-refractivity contribution in [3.63, 3.8) is 0 Å². The van der Waals surface area contributed by atoms with Gasteiger partial charge in [-0.3, -0.25) is 4.79 Å². The number of amides is 1. The molecule has 1 amide bonds. The molecule has 1 rings (SSSR count). The van der Waals surface area contributed by atoms with Crippen molar-refractivity contribution in [2.45, 2.75) is 27.2 Å². The van der Waals surface area contributed by atoms with Gasteiger partial charge in [-0.1, -0.05) is 29.8 Å². The van der Waals surface area contributed by atoms with Gasteiger partial charge in [0, 0.05) is 12.1 Å². The summed E-state index contributed by atoms with van der Waals surface area (Å²) in [5.74, 6) is 0.0157. The molecule has 0 atom stereocenters. The number of carbonyl (C=O) groups excluding carboxylic acids is 1. The van der Waals surface area contributed by atoms with E-state index in [-0.39, 0.29) is 5.91 Å². The molecule has 16 heavy (non-hydrogen) atoms. The first-order valence-corrected chi connectivity index (χ1v) is 5.61. The SMILES string of the molecule is C/C=C/CCNC(=O)c1ccc(C)cc1C. The summed E-state index contributed by atoms with van der Waals surface area (Å²) < 4.78 is 0. The zero-order valence-electron chi connectivity index (χ0n) is 10.2. The fourth-order valence-electron chi connectivity index (χ4n) is 1.60. The summed E-state index contributed by atoms with van der Waals surface area (Å²) in [4.78, 5) is 11.8. The molecule has 0 saturated heterocycles. The molecule has 0 bridgehead atoms. The third kappa shape index (κ3) is 3.54. The van der Waals surface area contributed by atoms with E-state index in [2.05, 4.69) is 5.32 Å². The molecule has 0 aliphatic heterocycles. The molecule has 0 aliphatic carbocycles. The summed E-state index contributed by atoms with van der Waals surface area (Å²) >= 11 is 0. The van der Waals surface area contributed by atoms with Crippen molar-refractivity contribution in [3.8, 4) is 0 Å². The lowest BCUT2D eigenvalue weighted by Gasteiger charge is -2.07. The zero-order chi connectivity index (χ0) is 12.0. The Morgan fingerprint density at radius 3 is 2.75 bits per heavy atom. The third-order valence-corrected chi connectivity index (χ3v) is 2.46. The van der Waals surface area contributed by atoms with Crippen molar-refractivity contribution in [2.24, 2.45) is 0 Å². The molecule has 0 unspecified atom stereocenters. The molecular formula is C14H19NO. The van der Waals surface area contributed by atoms with Crippen molar-refractivity contribution >= 4 is 5.91 Å². The van der Waals surface area contributed by atoms with Gasteiger partial charge >= 0.3 is 0 Å². The first-order valence-electron chi connectivity index (χ1n) is 5.61. The average Bonchev–Trinajstić information content (AvgIpc) is 2.24. The number of aryl methyl sites for hydroxylation is 2. The van der Waals surface area contributed by atoms with E-state index in [1.54, 1.807) is 0 Å². The maximum absolute atomic E-state index is 11.8. The van der Waals surface area contributed by atoms with E-state index in [1.807, 2.05) is 51.1 Å². The van der Waals surface area contributed by atoms with Gasteiger partial charge in [0.1, 0.15) is 0 Å². The monoisotopic (exact) mass is 217 g/mol. The lowest BCUT2D eigenvalue weighted by molar-refractivity contribution is 0.0954. The summed E-state index contributed by atoms with van der Waals surface area (Å²) in [5.41, 5.74) is 2.98. The van der Waals surface area contributed by atoms with Gasteiger partial charge in [-0.05, 0) is 38.8 Å². The molecule has 1 N–H and O–H groups in total. The van der Waals surface area contributed by atoms with Crippen LogP contribution in [0.15, 0.2) is 30.4 Å². The van der Waals surface area contributed by atoms with Crippen LogP contribution in [-0.2, 0) is 0 Å². The third-order valence-electron chi connectivity index (χ3n) is 2.46. The number of rotatable bonds is 4. The highest BCUT2D eigenvalue weighted by Gasteiger charge is 2.07. The highest BCUT2D eigenvalue weighted by atomic mass is 16.1. The van der Waals surface area contributed by atoms with Gasteiger partial charge in [0.2, 0.25) is 0 Å². The smallest absolute Gasteiger partial charge is 0.251 e. The minimum Gasteiger partial charge on any atom is -0.352 e. The Balaban J connectivity index is 2.59. The van der Waals surface area contributed by atoms with Crippen molar-refractivity contribution in [2.75, 3.05) is 6.54 Å². The molecular weight excluding hydrogens is 198 g/mol. The predicted octanol–water partition coefficient (Wildman–Crippen LogP) is 3.00. The Morgan fingerprint density at radius 1 is 1.38 bits per heavy atom. The topological polar surface area (TPSA) is 29.1 Å². The number of nitrogens with one attached hydrogen (secondary N) is 1.